The SMILES string of the molecule is C=CC1CC(C=C)C2CC(C(=O)F)=CC12. The van der Waals surface area contributed by atoms with Crippen molar-refractivity contribution in [3.05, 3.63) is 37.0 Å². The number of carbonyl (C=O) groups excluding carboxylic acids is 1. The van der Waals surface area contributed by atoms with Crippen molar-refractivity contribution >= 4 is 6.04 Å². The second-order valence-electron chi connectivity index (χ2n) is 4.45. The van der Waals surface area contributed by atoms with E-state index >= 15 is 0 Å². The molecule has 4 atom stereocenters. The molecule has 0 saturated heterocycles. The molecule has 15 heavy (non-hydrogen) atoms. The lowest BCUT2D eigenvalue weighted by atomic mass is 9.89. The van der Waals surface area contributed by atoms with Crippen LogP contribution in [0.15, 0.2) is 37.0 Å². The van der Waals surface area contributed by atoms with Gasteiger partial charge in [-0.1, -0.05) is 18.2 Å². The van der Waals surface area contributed by atoms with Crippen LogP contribution in [0.1, 0.15) is 12.8 Å². The third-order valence-electron chi connectivity index (χ3n) is 3.79. The van der Waals surface area contributed by atoms with Crippen molar-refractivity contribution in [1.29, 1.82) is 0 Å². The minimum atomic E-state index is -1.27. The zero-order chi connectivity index (χ0) is 11.0. The fourth-order valence-corrected chi connectivity index (χ4v) is 3.01. The molecule has 0 aromatic carbocycles. The van der Waals surface area contributed by atoms with E-state index in [1.54, 1.807) is 0 Å². The Morgan fingerprint density at radius 2 is 2.07 bits per heavy atom. The summed E-state index contributed by atoms with van der Waals surface area (Å²) in [7, 11) is 0. The van der Waals surface area contributed by atoms with Gasteiger partial charge in [-0.25, -0.2) is 0 Å². The van der Waals surface area contributed by atoms with Crippen LogP contribution in [0.25, 0.3) is 0 Å². The standard InChI is InChI=1S/C13H15FO/c1-3-8-5-9(4-2)12-7-10(13(14)15)6-11(8)12/h3-4,6,8-9,11-12H,1-2,5,7H2. The minimum Gasteiger partial charge on any atom is -0.256 e. The van der Waals surface area contributed by atoms with Crippen LogP contribution in [0, 0.1) is 23.7 Å². The molecule has 2 aliphatic carbocycles. The molecule has 0 aromatic rings. The van der Waals surface area contributed by atoms with Crippen LogP contribution >= 0.6 is 0 Å². The first-order valence-electron chi connectivity index (χ1n) is 5.33. The first-order valence-corrected chi connectivity index (χ1v) is 5.33. The Morgan fingerprint density at radius 3 is 2.60 bits per heavy atom. The van der Waals surface area contributed by atoms with Crippen LogP contribution in [0.4, 0.5) is 4.39 Å². The molecule has 0 radical (unpaired) electrons. The number of fused-ring (bicyclic) bond motifs is 1. The van der Waals surface area contributed by atoms with Gasteiger partial charge in [0.2, 0.25) is 0 Å². The normalized spacial score (nSPS) is 38.3. The van der Waals surface area contributed by atoms with Crippen molar-refractivity contribution in [2.24, 2.45) is 23.7 Å². The number of carbonyl (C=O) groups is 1. The summed E-state index contributed by atoms with van der Waals surface area (Å²) in [6.45, 7) is 7.61. The average molecular weight is 206 g/mol. The fourth-order valence-electron chi connectivity index (χ4n) is 3.01. The van der Waals surface area contributed by atoms with E-state index in [1.807, 2.05) is 18.2 Å². The summed E-state index contributed by atoms with van der Waals surface area (Å²) < 4.78 is 12.6. The zero-order valence-electron chi connectivity index (χ0n) is 8.66. The molecule has 0 spiro atoms. The summed E-state index contributed by atoms with van der Waals surface area (Å²) in [4.78, 5) is 10.7. The number of hydrogen-bond acceptors (Lipinski definition) is 1. The molecule has 0 aromatic heterocycles. The Morgan fingerprint density at radius 1 is 1.40 bits per heavy atom. The monoisotopic (exact) mass is 206 g/mol. The third-order valence-corrected chi connectivity index (χ3v) is 3.79. The highest BCUT2D eigenvalue weighted by atomic mass is 19.1. The predicted molar refractivity (Wildman–Crippen MR) is 57.8 cm³/mol. The van der Waals surface area contributed by atoms with Gasteiger partial charge in [-0.2, -0.15) is 4.39 Å². The van der Waals surface area contributed by atoms with Crippen molar-refractivity contribution in [1.82, 2.24) is 0 Å². The van der Waals surface area contributed by atoms with Gasteiger partial charge in [0, 0.05) is 5.57 Å². The number of rotatable bonds is 3. The molecule has 0 heterocycles. The Kier molecular flexibility index (Phi) is 2.59. The first-order chi connectivity index (χ1) is 7.17. The lowest BCUT2D eigenvalue weighted by Gasteiger charge is -2.14. The maximum Gasteiger partial charge on any atom is 0.327 e. The summed E-state index contributed by atoms with van der Waals surface area (Å²) >= 11 is 0. The predicted octanol–water partition coefficient (Wildman–Crippen LogP) is 3.05. The Bertz CT molecular complexity index is 342. The molecule has 1 fully saturated rings. The van der Waals surface area contributed by atoms with E-state index in [-0.39, 0.29) is 0 Å². The molecule has 0 bridgehead atoms. The largest absolute Gasteiger partial charge is 0.327 e. The average Bonchev–Trinajstić information content (AvgIpc) is 2.74. The molecule has 4 unspecified atom stereocenters. The van der Waals surface area contributed by atoms with Crippen LogP contribution < -0.4 is 0 Å². The third kappa shape index (κ3) is 1.58. The van der Waals surface area contributed by atoms with Crippen LogP contribution in [0.3, 0.4) is 0 Å². The smallest absolute Gasteiger partial charge is 0.256 e. The molecule has 1 saturated carbocycles. The first kappa shape index (κ1) is 10.3. The highest BCUT2D eigenvalue weighted by molar-refractivity contribution is 5.88. The van der Waals surface area contributed by atoms with Crippen molar-refractivity contribution in [3.63, 3.8) is 0 Å². The highest BCUT2D eigenvalue weighted by Gasteiger charge is 2.44. The van der Waals surface area contributed by atoms with E-state index in [9.17, 15) is 9.18 Å². The summed E-state index contributed by atoms with van der Waals surface area (Å²) in [6.07, 6.45) is 7.26. The summed E-state index contributed by atoms with van der Waals surface area (Å²) in [5.74, 6) is 1.42. The zero-order valence-corrected chi connectivity index (χ0v) is 8.66. The van der Waals surface area contributed by atoms with Gasteiger partial charge < -0.3 is 0 Å². The second kappa shape index (κ2) is 3.76. The topological polar surface area (TPSA) is 17.1 Å². The summed E-state index contributed by atoms with van der Waals surface area (Å²) in [6, 6.07) is -1.27. The van der Waals surface area contributed by atoms with E-state index in [1.165, 1.54) is 0 Å². The molecule has 2 aliphatic rings. The van der Waals surface area contributed by atoms with E-state index in [0.717, 1.165) is 6.42 Å². The second-order valence-corrected chi connectivity index (χ2v) is 4.45. The molecule has 1 nitrogen and oxygen atoms in total. The minimum absolute atomic E-state index is 0.292. The number of allylic oxidation sites excluding steroid dienone is 4. The molecule has 80 valence electrons. The molecular weight excluding hydrogens is 191 g/mol. The molecular formula is C13H15FO. The molecule has 0 amide bonds. The summed E-state index contributed by atoms with van der Waals surface area (Å²) in [5.41, 5.74) is 0.350. The van der Waals surface area contributed by atoms with Gasteiger partial charge in [0.1, 0.15) is 0 Å². The van der Waals surface area contributed by atoms with Gasteiger partial charge in [-0.15, -0.1) is 13.2 Å². The van der Waals surface area contributed by atoms with Crippen molar-refractivity contribution in [3.8, 4) is 0 Å². The van der Waals surface area contributed by atoms with Crippen molar-refractivity contribution in [2.75, 3.05) is 0 Å². The van der Waals surface area contributed by atoms with E-state index in [2.05, 4.69) is 13.2 Å². The van der Waals surface area contributed by atoms with E-state index in [0.29, 0.717) is 35.7 Å². The Hall–Kier alpha value is -1.18. The Labute approximate surface area is 89.4 Å². The molecule has 2 rings (SSSR count). The van der Waals surface area contributed by atoms with Gasteiger partial charge >= 0.3 is 6.04 Å². The lowest BCUT2D eigenvalue weighted by Crippen LogP contribution is -2.09. The molecule has 0 N–H and O–H groups in total. The van der Waals surface area contributed by atoms with E-state index in [4.69, 9.17) is 0 Å². The maximum atomic E-state index is 12.6. The van der Waals surface area contributed by atoms with Crippen LogP contribution in [0.2, 0.25) is 0 Å². The van der Waals surface area contributed by atoms with Gasteiger partial charge in [-0.05, 0) is 36.5 Å². The van der Waals surface area contributed by atoms with Crippen LogP contribution in [0.5, 0.6) is 0 Å². The van der Waals surface area contributed by atoms with Gasteiger partial charge in [0.05, 0.1) is 0 Å². The highest BCUT2D eigenvalue weighted by Crippen LogP contribution is 2.50. The maximum absolute atomic E-state index is 12.6. The lowest BCUT2D eigenvalue weighted by molar-refractivity contribution is -0.125. The van der Waals surface area contributed by atoms with Gasteiger partial charge in [-0.3, -0.25) is 4.79 Å². The Balaban J connectivity index is 2.24. The van der Waals surface area contributed by atoms with Crippen LogP contribution in [-0.2, 0) is 4.79 Å². The van der Waals surface area contributed by atoms with Gasteiger partial charge in [0.25, 0.3) is 0 Å². The van der Waals surface area contributed by atoms with Gasteiger partial charge in [0.15, 0.2) is 0 Å². The number of hydrogen-bond donors (Lipinski definition) is 0. The van der Waals surface area contributed by atoms with Crippen molar-refractivity contribution < 1.29 is 9.18 Å². The van der Waals surface area contributed by atoms with E-state index < -0.39 is 6.04 Å². The molecule has 0 aliphatic heterocycles. The van der Waals surface area contributed by atoms with Crippen LogP contribution in [-0.4, -0.2) is 6.04 Å². The fraction of sp³-hybridized carbons (Fsp3) is 0.462. The van der Waals surface area contributed by atoms with Crippen molar-refractivity contribution in [2.45, 2.75) is 12.8 Å². The molecule has 2 heteroatoms. The summed E-state index contributed by atoms with van der Waals surface area (Å²) in [5, 5.41) is 0. The quantitative estimate of drug-likeness (QED) is 0.512. The number of halogens is 1.